The first-order valence-electron chi connectivity index (χ1n) is 6.95. The van der Waals surface area contributed by atoms with E-state index in [1.54, 1.807) is 13.0 Å². The lowest BCUT2D eigenvalue weighted by Crippen LogP contribution is -2.47. The summed E-state index contributed by atoms with van der Waals surface area (Å²) in [5, 5.41) is 1.76. The molecular weight excluding hydrogens is 282 g/mol. The molecular formula is C17H15NO4. The molecule has 2 N–H and O–H groups in total. The highest BCUT2D eigenvalue weighted by Crippen LogP contribution is 2.39. The van der Waals surface area contributed by atoms with Crippen molar-refractivity contribution >= 4 is 22.5 Å². The van der Waals surface area contributed by atoms with Crippen LogP contribution in [0.15, 0.2) is 48.6 Å². The third-order valence-electron chi connectivity index (χ3n) is 3.50. The van der Waals surface area contributed by atoms with E-state index in [0.717, 1.165) is 16.8 Å². The van der Waals surface area contributed by atoms with Crippen LogP contribution in [-0.2, 0) is 9.53 Å². The van der Waals surface area contributed by atoms with Crippen molar-refractivity contribution in [3.05, 3.63) is 54.1 Å². The molecule has 0 spiro atoms. The van der Waals surface area contributed by atoms with Crippen LogP contribution in [0.1, 0.15) is 17.3 Å². The molecule has 1 heterocycles. The van der Waals surface area contributed by atoms with Crippen molar-refractivity contribution in [2.75, 3.05) is 6.61 Å². The molecule has 0 aromatic heterocycles. The number of carbonyl (C=O) groups is 2. The molecule has 0 fully saturated rings. The van der Waals surface area contributed by atoms with E-state index in [-0.39, 0.29) is 12.4 Å². The van der Waals surface area contributed by atoms with Crippen LogP contribution in [0.3, 0.4) is 0 Å². The first kappa shape index (κ1) is 14.3. The van der Waals surface area contributed by atoms with Crippen molar-refractivity contribution in [3.63, 3.8) is 0 Å². The van der Waals surface area contributed by atoms with E-state index in [0.29, 0.717) is 11.3 Å². The third kappa shape index (κ3) is 2.25. The minimum Gasteiger partial charge on any atom is -0.463 e. The Morgan fingerprint density at radius 3 is 2.86 bits per heavy atom. The first-order chi connectivity index (χ1) is 10.5. The van der Waals surface area contributed by atoms with E-state index in [1.165, 1.54) is 6.08 Å². The van der Waals surface area contributed by atoms with E-state index in [9.17, 15) is 9.59 Å². The SMILES string of the molecule is CCOC(=O)/C=C/C1(N)Oc2c(ccc3ccccc23)C1=O. The minimum absolute atomic E-state index is 0.250. The summed E-state index contributed by atoms with van der Waals surface area (Å²) in [4.78, 5) is 23.9. The van der Waals surface area contributed by atoms with Gasteiger partial charge in [0.25, 0.3) is 0 Å². The second kappa shape index (κ2) is 5.27. The molecule has 1 unspecified atom stereocenters. The van der Waals surface area contributed by atoms with Crippen molar-refractivity contribution in [3.8, 4) is 5.75 Å². The van der Waals surface area contributed by atoms with Gasteiger partial charge in [0.2, 0.25) is 11.5 Å². The Kier molecular flexibility index (Phi) is 3.42. The van der Waals surface area contributed by atoms with Gasteiger partial charge in [0.15, 0.2) is 0 Å². The number of benzene rings is 2. The molecule has 5 heteroatoms. The van der Waals surface area contributed by atoms with Gasteiger partial charge in [-0.15, -0.1) is 0 Å². The fourth-order valence-corrected chi connectivity index (χ4v) is 2.45. The summed E-state index contributed by atoms with van der Waals surface area (Å²) in [5.74, 6) is -0.502. The van der Waals surface area contributed by atoms with Gasteiger partial charge in [0.1, 0.15) is 5.75 Å². The highest BCUT2D eigenvalue weighted by Gasteiger charge is 2.43. The van der Waals surface area contributed by atoms with Gasteiger partial charge in [0, 0.05) is 11.5 Å². The van der Waals surface area contributed by atoms with Crippen LogP contribution in [0.5, 0.6) is 5.75 Å². The number of hydrogen-bond acceptors (Lipinski definition) is 5. The number of esters is 1. The largest absolute Gasteiger partial charge is 0.463 e. The third-order valence-corrected chi connectivity index (χ3v) is 3.50. The number of Topliss-reactive ketones (excluding diaryl/α,β-unsaturated/α-hetero) is 1. The average molecular weight is 297 g/mol. The Balaban J connectivity index is 2.00. The fourth-order valence-electron chi connectivity index (χ4n) is 2.45. The summed E-state index contributed by atoms with van der Waals surface area (Å²) in [6.45, 7) is 1.95. The number of fused-ring (bicyclic) bond motifs is 3. The molecule has 22 heavy (non-hydrogen) atoms. The smallest absolute Gasteiger partial charge is 0.330 e. The molecule has 0 aliphatic carbocycles. The molecule has 1 atom stereocenters. The van der Waals surface area contributed by atoms with Gasteiger partial charge in [-0.1, -0.05) is 30.3 Å². The predicted molar refractivity (Wildman–Crippen MR) is 81.6 cm³/mol. The molecule has 2 aromatic rings. The Labute approximate surface area is 127 Å². The number of ether oxygens (including phenoxy) is 2. The molecule has 3 rings (SSSR count). The van der Waals surface area contributed by atoms with Crippen LogP contribution < -0.4 is 10.5 Å². The molecule has 0 saturated carbocycles. The van der Waals surface area contributed by atoms with Crippen LogP contribution in [0.4, 0.5) is 0 Å². The van der Waals surface area contributed by atoms with Gasteiger partial charge in [-0.25, -0.2) is 4.79 Å². The molecule has 0 saturated heterocycles. The van der Waals surface area contributed by atoms with Crippen molar-refractivity contribution in [1.29, 1.82) is 0 Å². The summed E-state index contributed by atoms with van der Waals surface area (Å²) in [7, 11) is 0. The number of ketones is 1. The van der Waals surface area contributed by atoms with Crippen molar-refractivity contribution in [2.24, 2.45) is 5.73 Å². The molecule has 1 aliphatic heterocycles. The second-order valence-electron chi connectivity index (χ2n) is 4.97. The lowest BCUT2D eigenvalue weighted by Gasteiger charge is -2.17. The van der Waals surface area contributed by atoms with E-state index in [2.05, 4.69) is 0 Å². The Hall–Kier alpha value is -2.66. The van der Waals surface area contributed by atoms with Crippen LogP contribution >= 0.6 is 0 Å². The summed E-state index contributed by atoms with van der Waals surface area (Å²) in [5.41, 5.74) is 4.75. The number of rotatable bonds is 3. The summed E-state index contributed by atoms with van der Waals surface area (Å²) in [6, 6.07) is 11.1. The van der Waals surface area contributed by atoms with Gasteiger partial charge in [-0.3, -0.25) is 10.5 Å². The van der Waals surface area contributed by atoms with Gasteiger partial charge >= 0.3 is 5.97 Å². The molecule has 1 aliphatic rings. The van der Waals surface area contributed by atoms with Gasteiger partial charge in [0.05, 0.1) is 12.2 Å². The van der Waals surface area contributed by atoms with Crippen molar-refractivity contribution in [1.82, 2.24) is 0 Å². The highest BCUT2D eigenvalue weighted by molar-refractivity contribution is 6.13. The normalized spacial score (nSPS) is 20.2. The Bertz CT molecular complexity index is 796. The van der Waals surface area contributed by atoms with Crippen molar-refractivity contribution in [2.45, 2.75) is 12.6 Å². The minimum atomic E-state index is -1.68. The molecule has 5 nitrogen and oxygen atoms in total. The average Bonchev–Trinajstić information content (AvgIpc) is 2.78. The zero-order chi connectivity index (χ0) is 15.7. The summed E-state index contributed by atoms with van der Waals surface area (Å²) < 4.78 is 10.5. The lowest BCUT2D eigenvalue weighted by atomic mass is 10.0. The number of hydrogen-bond donors (Lipinski definition) is 1. The van der Waals surface area contributed by atoms with Crippen LogP contribution in [-0.4, -0.2) is 24.1 Å². The molecule has 0 radical (unpaired) electrons. The monoisotopic (exact) mass is 297 g/mol. The number of nitrogens with two attached hydrogens (primary N) is 1. The lowest BCUT2D eigenvalue weighted by molar-refractivity contribution is -0.137. The first-order valence-corrected chi connectivity index (χ1v) is 6.95. The number of carbonyl (C=O) groups excluding carboxylic acids is 2. The fraction of sp³-hybridized carbons (Fsp3) is 0.176. The Morgan fingerprint density at radius 1 is 1.32 bits per heavy atom. The maximum absolute atomic E-state index is 12.5. The molecule has 112 valence electrons. The topological polar surface area (TPSA) is 78.6 Å². The quantitative estimate of drug-likeness (QED) is 0.694. The standard InChI is InChI=1S/C17H15NO4/c1-2-21-14(19)9-10-17(18)16(20)13-8-7-11-5-3-4-6-12(11)15(13)22-17/h3-10H,2,18H2,1H3/b10-9+. The van der Waals surface area contributed by atoms with E-state index in [4.69, 9.17) is 15.2 Å². The van der Waals surface area contributed by atoms with Gasteiger partial charge in [-0.05, 0) is 24.5 Å². The maximum Gasteiger partial charge on any atom is 0.330 e. The van der Waals surface area contributed by atoms with Crippen LogP contribution in [0.25, 0.3) is 10.8 Å². The maximum atomic E-state index is 12.5. The van der Waals surface area contributed by atoms with Gasteiger partial charge < -0.3 is 9.47 Å². The van der Waals surface area contributed by atoms with E-state index >= 15 is 0 Å². The van der Waals surface area contributed by atoms with Gasteiger partial charge in [-0.2, -0.15) is 0 Å². The molecule has 0 amide bonds. The van der Waals surface area contributed by atoms with Crippen LogP contribution in [0, 0.1) is 0 Å². The molecule has 2 aromatic carbocycles. The van der Waals surface area contributed by atoms with E-state index < -0.39 is 11.7 Å². The van der Waals surface area contributed by atoms with Crippen molar-refractivity contribution < 1.29 is 19.1 Å². The molecule has 0 bridgehead atoms. The zero-order valence-corrected chi connectivity index (χ0v) is 12.0. The summed E-state index contributed by atoms with van der Waals surface area (Å²) >= 11 is 0. The Morgan fingerprint density at radius 2 is 2.09 bits per heavy atom. The second-order valence-corrected chi connectivity index (χ2v) is 4.97. The zero-order valence-electron chi connectivity index (χ0n) is 12.0. The predicted octanol–water partition coefficient (Wildman–Crippen LogP) is 2.19. The van der Waals surface area contributed by atoms with E-state index in [1.807, 2.05) is 30.3 Å². The highest BCUT2D eigenvalue weighted by atomic mass is 16.5. The van der Waals surface area contributed by atoms with Crippen LogP contribution in [0.2, 0.25) is 0 Å². The summed E-state index contributed by atoms with van der Waals surface area (Å²) in [6.07, 6.45) is 2.36.